The van der Waals surface area contributed by atoms with Gasteiger partial charge in [0.15, 0.2) is 5.78 Å². The summed E-state index contributed by atoms with van der Waals surface area (Å²) >= 11 is 0. The number of para-hydroxylation sites is 2. The summed E-state index contributed by atoms with van der Waals surface area (Å²) in [5.74, 6) is 1.71. The molecule has 0 radical (unpaired) electrons. The fourth-order valence-electron chi connectivity index (χ4n) is 8.95. The Morgan fingerprint density at radius 1 is 0.722 bits per heavy atom. The zero-order valence-electron chi connectivity index (χ0n) is 32.2. The van der Waals surface area contributed by atoms with E-state index in [0.717, 1.165) is 76.0 Å². The summed E-state index contributed by atoms with van der Waals surface area (Å²) in [4.78, 5) is 44.0. The van der Waals surface area contributed by atoms with Gasteiger partial charge in [0.2, 0.25) is 11.8 Å². The Balaban J connectivity index is 0.000000168. The number of likely N-dealkylation sites (tertiary alicyclic amines) is 2. The molecule has 8 rings (SSSR count). The Kier molecular flexibility index (Phi) is 11.7. The highest BCUT2D eigenvalue weighted by Crippen LogP contribution is 2.37. The molecule has 2 saturated heterocycles. The molecule has 2 amide bonds. The smallest absolute Gasteiger partial charge is 0.242 e. The first-order valence-corrected chi connectivity index (χ1v) is 20.0. The first-order chi connectivity index (χ1) is 26.3. The fourth-order valence-corrected chi connectivity index (χ4v) is 8.95. The van der Waals surface area contributed by atoms with Gasteiger partial charge in [0.05, 0.1) is 0 Å². The monoisotopic (exact) mass is 725 g/mol. The van der Waals surface area contributed by atoms with Crippen LogP contribution in [0.25, 0.3) is 21.8 Å². The van der Waals surface area contributed by atoms with Gasteiger partial charge in [-0.25, -0.2) is 0 Å². The number of amides is 2. The van der Waals surface area contributed by atoms with Crippen LogP contribution in [0.3, 0.4) is 0 Å². The van der Waals surface area contributed by atoms with Crippen LogP contribution < -0.4 is 0 Å². The number of aromatic nitrogens is 2. The van der Waals surface area contributed by atoms with Gasteiger partial charge in [-0.2, -0.15) is 0 Å². The van der Waals surface area contributed by atoms with Gasteiger partial charge in [-0.3, -0.25) is 14.4 Å². The van der Waals surface area contributed by atoms with Crippen molar-refractivity contribution in [3.63, 3.8) is 0 Å². The molecule has 0 N–H and O–H groups in total. The first kappa shape index (κ1) is 37.2. The van der Waals surface area contributed by atoms with Gasteiger partial charge < -0.3 is 23.8 Å². The number of rotatable bonds is 10. The van der Waals surface area contributed by atoms with Crippen LogP contribution >= 0.6 is 0 Å². The number of hydrogen-bond donors (Lipinski definition) is 0. The molecule has 3 aliphatic rings. The van der Waals surface area contributed by atoms with Crippen molar-refractivity contribution in [1.82, 2.24) is 23.8 Å². The molecule has 3 aromatic carbocycles. The van der Waals surface area contributed by atoms with E-state index in [1.807, 2.05) is 61.3 Å². The molecule has 8 heteroatoms. The molecule has 5 aromatic rings. The van der Waals surface area contributed by atoms with Crippen LogP contribution in [0.5, 0.6) is 0 Å². The van der Waals surface area contributed by atoms with E-state index in [0.29, 0.717) is 24.3 Å². The Bertz CT molecular complexity index is 2100. The van der Waals surface area contributed by atoms with Crippen LogP contribution in [0.2, 0.25) is 0 Å². The zero-order chi connectivity index (χ0) is 37.6. The van der Waals surface area contributed by atoms with E-state index in [1.54, 1.807) is 6.08 Å². The molecular formula is C46H55N5O3. The summed E-state index contributed by atoms with van der Waals surface area (Å²) < 4.78 is 4.31. The molecule has 0 spiro atoms. The van der Waals surface area contributed by atoms with Gasteiger partial charge in [0.25, 0.3) is 0 Å². The highest BCUT2D eigenvalue weighted by molar-refractivity contribution is 6.04. The largest absolute Gasteiger partial charge is 0.377 e. The second kappa shape index (κ2) is 16.9. The third-order valence-electron chi connectivity index (χ3n) is 12.0. The van der Waals surface area contributed by atoms with E-state index in [4.69, 9.17) is 0 Å². The fraction of sp³-hybridized carbons (Fsp3) is 0.413. The van der Waals surface area contributed by atoms with Gasteiger partial charge in [-0.1, -0.05) is 79.6 Å². The number of aryl methyl sites for hydroxylation is 1. The molecule has 2 aromatic heterocycles. The quantitative estimate of drug-likeness (QED) is 0.107. The maximum Gasteiger partial charge on any atom is 0.242 e. The van der Waals surface area contributed by atoms with E-state index in [-0.39, 0.29) is 17.6 Å². The number of allylic oxidation sites excluding steroid dienone is 1. The second-order valence-electron chi connectivity index (χ2n) is 15.3. The van der Waals surface area contributed by atoms with Gasteiger partial charge in [0.1, 0.15) is 6.54 Å². The predicted octanol–water partition coefficient (Wildman–Crippen LogP) is 8.38. The van der Waals surface area contributed by atoms with E-state index in [1.165, 1.54) is 40.3 Å². The Morgan fingerprint density at radius 2 is 1.33 bits per heavy atom. The maximum absolute atomic E-state index is 12.9. The molecule has 8 nitrogen and oxygen atoms in total. The average molecular weight is 726 g/mol. The number of hydrogen-bond acceptors (Lipinski definition) is 4. The molecule has 1 saturated carbocycles. The maximum atomic E-state index is 12.9. The summed E-state index contributed by atoms with van der Waals surface area (Å²) in [6.45, 7) is 9.53. The molecule has 0 bridgehead atoms. The molecule has 2 aliphatic heterocycles. The molecule has 282 valence electrons. The van der Waals surface area contributed by atoms with E-state index < -0.39 is 0 Å². The summed E-state index contributed by atoms with van der Waals surface area (Å²) in [6, 6.07) is 26.4. The summed E-state index contributed by atoms with van der Waals surface area (Å²) in [5, 5.41) is 2.57. The standard InChI is InChI=1S/C24H33N3O2.C22H22N2O/c1-3-25(4-2)23(28)17-27-16-21(20-11-7-8-12-22(20)27)19-13-14-26(15-19)24(29)18-9-5-6-10-18;1-23-16-20(19-9-5-6-10-21(19)23)18-11-13-24(15-18)14-12-22(25)17-7-3-2-4-8-17/h7-8,11-12,16,18-19H,3-6,9-10,13-15,17H2,1-2H3;2-10,12,14,16,18H,11,13,15H2,1H3. The molecule has 4 heterocycles. The van der Waals surface area contributed by atoms with Crippen LogP contribution in [-0.2, 0) is 23.2 Å². The third kappa shape index (κ3) is 8.03. The lowest BCUT2D eigenvalue weighted by molar-refractivity contribution is -0.134. The van der Waals surface area contributed by atoms with Gasteiger partial charge >= 0.3 is 0 Å². The lowest BCUT2D eigenvalue weighted by atomic mass is 9.98. The molecule has 3 fully saturated rings. The number of benzene rings is 3. The van der Waals surface area contributed by atoms with Crippen LogP contribution in [0.1, 0.15) is 85.7 Å². The number of carbonyl (C=O) groups is 3. The van der Waals surface area contributed by atoms with Gasteiger partial charge in [-0.15, -0.1) is 0 Å². The van der Waals surface area contributed by atoms with Crippen LogP contribution in [0, 0.1) is 5.92 Å². The topological polar surface area (TPSA) is 70.8 Å². The van der Waals surface area contributed by atoms with Crippen molar-refractivity contribution in [2.45, 2.75) is 70.8 Å². The van der Waals surface area contributed by atoms with Crippen LogP contribution in [0.4, 0.5) is 0 Å². The van der Waals surface area contributed by atoms with E-state index >= 15 is 0 Å². The number of likely N-dealkylation sites (N-methyl/N-ethyl adjacent to an activating group) is 1. The van der Waals surface area contributed by atoms with Crippen molar-refractivity contribution in [2.24, 2.45) is 13.0 Å². The Labute approximate surface area is 320 Å². The van der Waals surface area contributed by atoms with Crippen molar-refractivity contribution >= 4 is 39.4 Å². The minimum absolute atomic E-state index is 0.0641. The third-order valence-corrected chi connectivity index (χ3v) is 12.0. The minimum Gasteiger partial charge on any atom is -0.377 e. The lowest BCUT2D eigenvalue weighted by Crippen LogP contribution is -2.33. The van der Waals surface area contributed by atoms with Crippen molar-refractivity contribution in [1.29, 1.82) is 0 Å². The lowest BCUT2D eigenvalue weighted by Gasteiger charge is -2.20. The van der Waals surface area contributed by atoms with Crippen LogP contribution in [-0.4, -0.2) is 80.7 Å². The number of nitrogens with zero attached hydrogens (tertiary/aromatic N) is 5. The van der Waals surface area contributed by atoms with Crippen LogP contribution in [0.15, 0.2) is 104 Å². The number of carbonyl (C=O) groups excluding carboxylic acids is 3. The highest BCUT2D eigenvalue weighted by atomic mass is 16.2. The van der Waals surface area contributed by atoms with Gasteiger partial charge in [0, 0.05) is 116 Å². The minimum atomic E-state index is 0.0641. The Morgan fingerprint density at radius 3 is 2.06 bits per heavy atom. The van der Waals surface area contributed by atoms with Crippen molar-refractivity contribution in [3.8, 4) is 0 Å². The van der Waals surface area contributed by atoms with Crippen molar-refractivity contribution in [2.75, 3.05) is 39.3 Å². The van der Waals surface area contributed by atoms with Crippen molar-refractivity contribution in [3.05, 3.63) is 120 Å². The van der Waals surface area contributed by atoms with Gasteiger partial charge in [-0.05, 0) is 62.8 Å². The molecular weight excluding hydrogens is 671 g/mol. The predicted molar refractivity (Wildman–Crippen MR) is 218 cm³/mol. The second-order valence-corrected chi connectivity index (χ2v) is 15.3. The Hall–Kier alpha value is -5.11. The molecule has 1 aliphatic carbocycles. The van der Waals surface area contributed by atoms with E-state index in [2.05, 4.69) is 80.8 Å². The summed E-state index contributed by atoms with van der Waals surface area (Å²) in [5.41, 5.74) is 5.84. The average Bonchev–Trinajstić information content (AvgIpc) is 4.06. The zero-order valence-corrected chi connectivity index (χ0v) is 32.2. The SMILES string of the molecule is CCN(CC)C(=O)Cn1cc(C2CCN(C(=O)C3CCCC3)C2)c2ccccc21.Cn1cc(C2CCN(C=CC(=O)c3ccccc3)C2)c2ccccc21. The van der Waals surface area contributed by atoms with Crippen molar-refractivity contribution < 1.29 is 14.4 Å². The normalized spacial score (nSPS) is 18.9. The first-order valence-electron chi connectivity index (χ1n) is 20.0. The molecule has 2 atom stereocenters. The van der Waals surface area contributed by atoms with E-state index in [9.17, 15) is 14.4 Å². The number of fused-ring (bicyclic) bond motifs is 2. The highest BCUT2D eigenvalue weighted by Gasteiger charge is 2.34. The summed E-state index contributed by atoms with van der Waals surface area (Å²) in [7, 11) is 2.11. The molecule has 54 heavy (non-hydrogen) atoms. The summed E-state index contributed by atoms with van der Waals surface area (Å²) in [6.07, 6.45) is 14.7. The number of ketones is 1. The molecule has 2 unspecified atom stereocenters.